The number of carboxylic acids is 2. The van der Waals surface area contributed by atoms with Gasteiger partial charge in [0, 0.05) is 13.1 Å². The number of aliphatic carboxylic acids is 2. The molecule has 3 aliphatic rings. The number of nitrogens with zero attached hydrogens (tertiary/aromatic N) is 3. The quantitative estimate of drug-likeness (QED) is 0.201. The SMILES string of the molecule is CCCCCCOc1nsnc1C1=Cc2c(ccc3c2CCc2ccccc2-3)CC1.CCN1C=CC=CC1.O=C(O)C(=O)O. The average molecular weight is 616 g/mol. The number of likely N-dealkylation sites (N-methyl/N-ethyl adjacent to an activating group) is 1. The van der Waals surface area contributed by atoms with Crippen molar-refractivity contribution < 1.29 is 24.5 Å². The molecule has 44 heavy (non-hydrogen) atoms. The molecule has 0 unspecified atom stereocenters. The highest BCUT2D eigenvalue weighted by Crippen LogP contribution is 2.41. The Morgan fingerprint density at radius 2 is 1.68 bits per heavy atom. The highest BCUT2D eigenvalue weighted by Gasteiger charge is 2.24. The molecule has 0 saturated heterocycles. The third-order valence-corrected chi connectivity index (χ3v) is 8.37. The van der Waals surface area contributed by atoms with Crippen molar-refractivity contribution in [2.75, 3.05) is 19.7 Å². The van der Waals surface area contributed by atoms with E-state index in [2.05, 4.69) is 94.4 Å². The van der Waals surface area contributed by atoms with E-state index in [1.807, 2.05) is 0 Å². The Balaban J connectivity index is 0.000000262. The van der Waals surface area contributed by atoms with Gasteiger partial charge in [-0.05, 0) is 96.3 Å². The third-order valence-electron chi connectivity index (χ3n) is 7.85. The second kappa shape index (κ2) is 16.6. The lowest BCUT2D eigenvalue weighted by molar-refractivity contribution is -0.159. The van der Waals surface area contributed by atoms with Crippen LogP contribution in [0, 0.1) is 0 Å². The molecule has 2 aromatic carbocycles. The van der Waals surface area contributed by atoms with Gasteiger partial charge in [-0.15, -0.1) is 4.37 Å². The molecule has 0 spiro atoms. The molecular formula is C35H41N3O5S. The highest BCUT2D eigenvalue weighted by atomic mass is 32.1. The summed E-state index contributed by atoms with van der Waals surface area (Å²) >= 11 is 1.26. The molecule has 6 rings (SSSR count). The van der Waals surface area contributed by atoms with Crippen LogP contribution in [0.25, 0.3) is 22.8 Å². The summed E-state index contributed by atoms with van der Waals surface area (Å²) in [5.41, 5.74) is 10.8. The van der Waals surface area contributed by atoms with Gasteiger partial charge in [-0.1, -0.05) is 74.7 Å². The van der Waals surface area contributed by atoms with E-state index >= 15 is 0 Å². The molecule has 3 aromatic rings. The zero-order valence-corrected chi connectivity index (χ0v) is 26.3. The highest BCUT2D eigenvalue weighted by molar-refractivity contribution is 6.99. The van der Waals surface area contributed by atoms with Gasteiger partial charge in [0.25, 0.3) is 5.88 Å². The minimum absolute atomic E-state index is 0.723. The van der Waals surface area contributed by atoms with Crippen LogP contribution in [0.2, 0.25) is 0 Å². The minimum atomic E-state index is -1.82. The molecule has 1 aliphatic heterocycles. The summed E-state index contributed by atoms with van der Waals surface area (Å²) in [7, 11) is 0. The van der Waals surface area contributed by atoms with E-state index < -0.39 is 11.9 Å². The molecule has 9 heteroatoms. The van der Waals surface area contributed by atoms with Crippen LogP contribution in [-0.2, 0) is 28.9 Å². The molecule has 2 aliphatic carbocycles. The molecule has 0 fully saturated rings. The number of allylic oxidation sites excluding steroid dienone is 3. The van der Waals surface area contributed by atoms with Crippen molar-refractivity contribution in [3.63, 3.8) is 0 Å². The molecule has 8 nitrogen and oxygen atoms in total. The van der Waals surface area contributed by atoms with E-state index in [-0.39, 0.29) is 0 Å². The largest absolute Gasteiger partial charge is 0.475 e. The van der Waals surface area contributed by atoms with E-state index in [9.17, 15) is 0 Å². The van der Waals surface area contributed by atoms with Gasteiger partial charge in [-0.25, -0.2) is 9.59 Å². The van der Waals surface area contributed by atoms with Crippen LogP contribution in [0.1, 0.15) is 73.9 Å². The van der Waals surface area contributed by atoms with Crippen molar-refractivity contribution >= 4 is 35.3 Å². The number of benzene rings is 2. The smallest absolute Gasteiger partial charge is 0.414 e. The van der Waals surface area contributed by atoms with Crippen LogP contribution in [0.3, 0.4) is 0 Å². The molecule has 1 aromatic heterocycles. The molecule has 232 valence electrons. The third kappa shape index (κ3) is 8.66. The molecule has 0 atom stereocenters. The number of rotatable bonds is 8. The van der Waals surface area contributed by atoms with Gasteiger partial charge in [-0.3, -0.25) is 0 Å². The van der Waals surface area contributed by atoms with Crippen molar-refractivity contribution in [2.45, 2.75) is 65.2 Å². The van der Waals surface area contributed by atoms with E-state index in [0.717, 1.165) is 63.4 Å². The Labute approximate surface area is 263 Å². The van der Waals surface area contributed by atoms with Crippen LogP contribution in [0.15, 0.2) is 60.8 Å². The Morgan fingerprint density at radius 1 is 0.886 bits per heavy atom. The first-order valence-electron chi connectivity index (χ1n) is 15.4. The summed E-state index contributed by atoms with van der Waals surface area (Å²) in [5.74, 6) is -2.92. The molecule has 2 heterocycles. The maximum Gasteiger partial charge on any atom is 0.414 e. The number of ether oxygens (including phenoxy) is 1. The standard InChI is InChI=1S/C26H28N2OS.C7H11N.C2H2O4/c1-2-3-4-7-16-29-26-25(27-30-28-26)20-11-10-19-13-14-22-21-9-6-5-8-18(21)12-15-23(22)24(19)17-20;1-2-8-6-4-3-5-7-8;3-1(4)2(5)6/h5-6,8-9,13-14,17H,2-4,7,10-12,15-16H2,1H3;3-6H,2,7H2,1H3;(H,3,4)(H,5,6). The van der Waals surface area contributed by atoms with E-state index in [1.165, 1.54) is 69.9 Å². The Morgan fingerprint density at radius 3 is 2.39 bits per heavy atom. The number of fused-ring (bicyclic) bond motifs is 5. The maximum atomic E-state index is 9.10. The second-order valence-corrected chi connectivity index (χ2v) is 11.3. The van der Waals surface area contributed by atoms with E-state index in [1.54, 1.807) is 0 Å². The maximum absolute atomic E-state index is 9.10. The molecule has 0 radical (unpaired) electrons. The summed E-state index contributed by atoms with van der Waals surface area (Å²) in [6.07, 6.45) is 19.9. The number of hydrogen-bond donors (Lipinski definition) is 2. The zero-order valence-electron chi connectivity index (χ0n) is 25.5. The average Bonchev–Trinajstić information content (AvgIpc) is 3.53. The number of carboxylic acid groups (broad SMARTS) is 2. The molecule has 2 N–H and O–H groups in total. The first-order valence-corrected chi connectivity index (χ1v) is 16.1. The number of hydrogen-bond acceptors (Lipinski definition) is 7. The Kier molecular flexibility index (Phi) is 12.3. The van der Waals surface area contributed by atoms with Crippen molar-refractivity contribution in [3.8, 4) is 17.0 Å². The van der Waals surface area contributed by atoms with Crippen LogP contribution in [0.4, 0.5) is 0 Å². The zero-order chi connectivity index (χ0) is 31.3. The number of carbonyl (C=O) groups is 2. The summed E-state index contributed by atoms with van der Waals surface area (Å²) in [6, 6.07) is 13.5. The van der Waals surface area contributed by atoms with E-state index in [4.69, 9.17) is 24.5 Å². The molecule has 0 amide bonds. The summed E-state index contributed by atoms with van der Waals surface area (Å²) in [5, 5.41) is 14.8. The number of aryl methyl sites for hydroxylation is 2. The summed E-state index contributed by atoms with van der Waals surface area (Å²) in [4.78, 5) is 20.4. The lowest BCUT2D eigenvalue weighted by Gasteiger charge is -2.26. The minimum Gasteiger partial charge on any atom is -0.475 e. The lowest BCUT2D eigenvalue weighted by Crippen LogP contribution is -2.17. The lowest BCUT2D eigenvalue weighted by atomic mass is 9.79. The number of unbranched alkanes of at least 4 members (excludes halogenated alkanes) is 3. The van der Waals surface area contributed by atoms with Crippen molar-refractivity contribution in [2.24, 2.45) is 0 Å². The van der Waals surface area contributed by atoms with E-state index in [0.29, 0.717) is 0 Å². The predicted molar refractivity (Wildman–Crippen MR) is 176 cm³/mol. The van der Waals surface area contributed by atoms with Gasteiger partial charge < -0.3 is 19.8 Å². The summed E-state index contributed by atoms with van der Waals surface area (Å²) in [6.45, 7) is 7.31. The van der Waals surface area contributed by atoms with Gasteiger partial charge in [0.1, 0.15) is 5.69 Å². The van der Waals surface area contributed by atoms with Crippen LogP contribution < -0.4 is 4.74 Å². The second-order valence-electron chi connectivity index (χ2n) is 10.8. The number of aromatic nitrogens is 2. The van der Waals surface area contributed by atoms with Crippen molar-refractivity contribution in [1.82, 2.24) is 13.6 Å². The van der Waals surface area contributed by atoms with Crippen molar-refractivity contribution in [1.29, 1.82) is 0 Å². The monoisotopic (exact) mass is 615 g/mol. The van der Waals surface area contributed by atoms with Crippen molar-refractivity contribution in [3.05, 3.63) is 88.8 Å². The Bertz CT molecular complexity index is 1510. The normalized spacial score (nSPS) is 14.0. The van der Waals surface area contributed by atoms with Gasteiger partial charge >= 0.3 is 11.9 Å². The summed E-state index contributed by atoms with van der Waals surface area (Å²) < 4.78 is 15.1. The molecular weight excluding hydrogens is 574 g/mol. The Hall–Kier alpha value is -4.24. The fourth-order valence-corrected chi connectivity index (χ4v) is 6.04. The topological polar surface area (TPSA) is 113 Å². The van der Waals surface area contributed by atoms with Crippen LogP contribution in [0.5, 0.6) is 5.88 Å². The van der Waals surface area contributed by atoms with Crippen LogP contribution >= 0.6 is 11.7 Å². The fraction of sp³-hybridized carbons (Fsp3) is 0.371. The fourth-order valence-electron chi connectivity index (χ4n) is 5.51. The first kappa shape index (κ1) is 32.7. The predicted octanol–water partition coefficient (Wildman–Crippen LogP) is 7.30. The van der Waals surface area contributed by atoms with Gasteiger partial charge in [0.05, 0.1) is 18.3 Å². The first-order chi connectivity index (χ1) is 21.4. The molecule has 0 bridgehead atoms. The van der Waals surface area contributed by atoms with Gasteiger partial charge in [0.15, 0.2) is 0 Å². The van der Waals surface area contributed by atoms with Gasteiger partial charge in [0.2, 0.25) is 0 Å². The van der Waals surface area contributed by atoms with Crippen LogP contribution in [-0.4, -0.2) is 55.5 Å². The van der Waals surface area contributed by atoms with Gasteiger partial charge in [-0.2, -0.15) is 4.37 Å². The molecule has 0 saturated carbocycles.